The van der Waals surface area contributed by atoms with E-state index in [0.717, 1.165) is 27.9 Å². The molecule has 2 heterocycles. The van der Waals surface area contributed by atoms with Gasteiger partial charge in [0.25, 0.3) is 0 Å². The Labute approximate surface area is 121 Å². The second-order valence-corrected chi connectivity index (χ2v) is 4.82. The number of hydrogen-bond donors (Lipinski definition) is 0. The summed E-state index contributed by atoms with van der Waals surface area (Å²) in [6.07, 6.45) is 0. The van der Waals surface area contributed by atoms with Crippen LogP contribution in [0.15, 0.2) is 28.8 Å². The molecule has 1 aromatic carbocycles. The molecule has 3 aromatic rings. The molecule has 6 nitrogen and oxygen atoms in total. The molecule has 0 radical (unpaired) electrons. The highest BCUT2D eigenvalue weighted by Crippen LogP contribution is 2.22. The quantitative estimate of drug-likeness (QED) is 0.691. The Hall–Kier alpha value is -2.63. The molecule has 0 spiro atoms. The second-order valence-electron chi connectivity index (χ2n) is 4.82. The Morgan fingerprint density at radius 3 is 2.76 bits per heavy atom. The van der Waals surface area contributed by atoms with Crippen LogP contribution in [0.25, 0.3) is 10.9 Å². The number of carbonyl (C=O) groups is 1. The van der Waals surface area contributed by atoms with Gasteiger partial charge in [0.15, 0.2) is 5.69 Å². The standard InChI is InChI=1S/C15H15N3O3/c1-9-12(10(2)21-17-9)8-18-13-7-5-4-6-11(13)14(16-18)15(19)20-3/h4-7H,8H2,1-3H3. The number of carbonyl (C=O) groups excluding carboxylic acids is 1. The van der Waals surface area contributed by atoms with E-state index in [2.05, 4.69) is 10.3 Å². The van der Waals surface area contributed by atoms with Crippen LogP contribution < -0.4 is 0 Å². The summed E-state index contributed by atoms with van der Waals surface area (Å²) < 4.78 is 11.7. The number of aryl methyl sites for hydroxylation is 2. The van der Waals surface area contributed by atoms with Crippen molar-refractivity contribution in [2.45, 2.75) is 20.4 Å². The number of fused-ring (bicyclic) bond motifs is 1. The summed E-state index contributed by atoms with van der Waals surface area (Å²) in [4.78, 5) is 11.8. The summed E-state index contributed by atoms with van der Waals surface area (Å²) in [6.45, 7) is 4.25. The van der Waals surface area contributed by atoms with Crippen molar-refractivity contribution >= 4 is 16.9 Å². The fourth-order valence-corrected chi connectivity index (χ4v) is 2.37. The van der Waals surface area contributed by atoms with E-state index in [0.29, 0.717) is 12.2 Å². The zero-order valence-corrected chi connectivity index (χ0v) is 12.1. The second kappa shape index (κ2) is 5.05. The molecule has 0 aliphatic rings. The van der Waals surface area contributed by atoms with Crippen LogP contribution in [-0.4, -0.2) is 28.0 Å². The number of methoxy groups -OCH3 is 1. The Kier molecular flexibility index (Phi) is 3.21. The largest absolute Gasteiger partial charge is 0.464 e. The molecule has 0 bridgehead atoms. The van der Waals surface area contributed by atoms with Crippen LogP contribution in [0.1, 0.15) is 27.5 Å². The number of para-hydroxylation sites is 1. The zero-order chi connectivity index (χ0) is 15.0. The topological polar surface area (TPSA) is 70.2 Å². The molecule has 6 heteroatoms. The van der Waals surface area contributed by atoms with Crippen LogP contribution in [0.4, 0.5) is 0 Å². The monoisotopic (exact) mass is 285 g/mol. The normalized spacial score (nSPS) is 11.0. The molecule has 0 N–H and O–H groups in total. The van der Waals surface area contributed by atoms with Gasteiger partial charge in [-0.2, -0.15) is 5.10 Å². The van der Waals surface area contributed by atoms with Gasteiger partial charge in [0.2, 0.25) is 0 Å². The van der Waals surface area contributed by atoms with Crippen molar-refractivity contribution in [1.82, 2.24) is 14.9 Å². The van der Waals surface area contributed by atoms with Gasteiger partial charge in [-0.15, -0.1) is 0 Å². The Bertz CT molecular complexity index is 797. The average molecular weight is 285 g/mol. The molecule has 0 saturated heterocycles. The molecular weight excluding hydrogens is 270 g/mol. The molecule has 108 valence electrons. The minimum atomic E-state index is -0.441. The third-order valence-corrected chi connectivity index (χ3v) is 3.53. The summed E-state index contributed by atoms with van der Waals surface area (Å²) >= 11 is 0. The van der Waals surface area contributed by atoms with E-state index in [9.17, 15) is 4.79 Å². The lowest BCUT2D eigenvalue weighted by atomic mass is 10.2. The van der Waals surface area contributed by atoms with Gasteiger partial charge in [0, 0.05) is 10.9 Å². The zero-order valence-electron chi connectivity index (χ0n) is 12.1. The molecule has 0 amide bonds. The Balaban J connectivity index is 2.13. The average Bonchev–Trinajstić information content (AvgIpc) is 3.02. The van der Waals surface area contributed by atoms with Crippen molar-refractivity contribution < 1.29 is 14.1 Å². The van der Waals surface area contributed by atoms with Crippen molar-refractivity contribution in [2.24, 2.45) is 0 Å². The minimum Gasteiger partial charge on any atom is -0.464 e. The molecule has 0 saturated carbocycles. The third-order valence-electron chi connectivity index (χ3n) is 3.53. The SMILES string of the molecule is COC(=O)c1nn(Cc2c(C)noc2C)c2ccccc12. The lowest BCUT2D eigenvalue weighted by Gasteiger charge is -2.02. The maximum Gasteiger partial charge on any atom is 0.359 e. The van der Waals surface area contributed by atoms with E-state index in [4.69, 9.17) is 9.26 Å². The van der Waals surface area contributed by atoms with Gasteiger partial charge < -0.3 is 9.26 Å². The van der Waals surface area contributed by atoms with Crippen molar-refractivity contribution in [3.63, 3.8) is 0 Å². The van der Waals surface area contributed by atoms with Gasteiger partial charge in [0.1, 0.15) is 5.76 Å². The predicted molar refractivity (Wildman–Crippen MR) is 76.2 cm³/mol. The molecule has 0 aliphatic carbocycles. The van der Waals surface area contributed by atoms with Crippen LogP contribution in [-0.2, 0) is 11.3 Å². The lowest BCUT2D eigenvalue weighted by molar-refractivity contribution is 0.0595. The number of rotatable bonds is 3. The highest BCUT2D eigenvalue weighted by atomic mass is 16.5. The van der Waals surface area contributed by atoms with E-state index in [1.165, 1.54) is 7.11 Å². The minimum absolute atomic E-state index is 0.319. The van der Waals surface area contributed by atoms with Crippen molar-refractivity contribution in [3.8, 4) is 0 Å². The van der Waals surface area contributed by atoms with Gasteiger partial charge in [-0.05, 0) is 19.9 Å². The third kappa shape index (κ3) is 2.18. The molecule has 0 unspecified atom stereocenters. The Morgan fingerprint density at radius 2 is 2.10 bits per heavy atom. The first-order valence-electron chi connectivity index (χ1n) is 6.57. The van der Waals surface area contributed by atoms with E-state index >= 15 is 0 Å². The number of esters is 1. The molecule has 21 heavy (non-hydrogen) atoms. The lowest BCUT2D eigenvalue weighted by Crippen LogP contribution is -2.07. The van der Waals surface area contributed by atoms with Crippen molar-refractivity contribution in [3.05, 3.63) is 47.0 Å². The molecular formula is C15H15N3O3. The fraction of sp³-hybridized carbons (Fsp3) is 0.267. The summed E-state index contributed by atoms with van der Waals surface area (Å²) in [5.41, 5.74) is 2.99. The van der Waals surface area contributed by atoms with Gasteiger partial charge in [-0.25, -0.2) is 4.79 Å². The number of benzene rings is 1. The number of ether oxygens (including phenoxy) is 1. The van der Waals surface area contributed by atoms with E-state index < -0.39 is 5.97 Å². The van der Waals surface area contributed by atoms with E-state index in [1.807, 2.05) is 38.1 Å². The summed E-state index contributed by atoms with van der Waals surface area (Å²) in [7, 11) is 1.35. The van der Waals surface area contributed by atoms with Crippen LogP contribution >= 0.6 is 0 Å². The first-order chi connectivity index (χ1) is 10.1. The summed E-state index contributed by atoms with van der Waals surface area (Å²) in [5.74, 6) is 0.315. The van der Waals surface area contributed by atoms with Gasteiger partial charge in [0.05, 0.1) is 24.9 Å². The van der Waals surface area contributed by atoms with Crippen LogP contribution in [0.2, 0.25) is 0 Å². The van der Waals surface area contributed by atoms with Gasteiger partial charge >= 0.3 is 5.97 Å². The summed E-state index contributed by atoms with van der Waals surface area (Å²) in [6, 6.07) is 7.57. The smallest absolute Gasteiger partial charge is 0.359 e. The van der Waals surface area contributed by atoms with Crippen LogP contribution in [0, 0.1) is 13.8 Å². The van der Waals surface area contributed by atoms with Crippen LogP contribution in [0.5, 0.6) is 0 Å². The van der Waals surface area contributed by atoms with Gasteiger partial charge in [-0.3, -0.25) is 4.68 Å². The molecule has 3 rings (SSSR count). The maximum absolute atomic E-state index is 11.8. The van der Waals surface area contributed by atoms with E-state index in [1.54, 1.807) is 4.68 Å². The van der Waals surface area contributed by atoms with Gasteiger partial charge in [-0.1, -0.05) is 23.4 Å². The molecule has 2 aromatic heterocycles. The van der Waals surface area contributed by atoms with Crippen molar-refractivity contribution in [1.29, 1.82) is 0 Å². The first kappa shape index (κ1) is 13.4. The molecule has 0 atom stereocenters. The maximum atomic E-state index is 11.8. The highest BCUT2D eigenvalue weighted by Gasteiger charge is 2.19. The van der Waals surface area contributed by atoms with Crippen LogP contribution in [0.3, 0.4) is 0 Å². The predicted octanol–water partition coefficient (Wildman–Crippen LogP) is 2.48. The first-order valence-corrected chi connectivity index (χ1v) is 6.57. The molecule has 0 aliphatic heterocycles. The Morgan fingerprint density at radius 1 is 1.33 bits per heavy atom. The number of hydrogen-bond acceptors (Lipinski definition) is 5. The molecule has 0 fully saturated rings. The van der Waals surface area contributed by atoms with Crippen molar-refractivity contribution in [2.75, 3.05) is 7.11 Å². The number of aromatic nitrogens is 3. The summed E-state index contributed by atoms with van der Waals surface area (Å²) in [5, 5.41) is 9.11. The van der Waals surface area contributed by atoms with E-state index in [-0.39, 0.29) is 0 Å². The highest BCUT2D eigenvalue weighted by molar-refractivity contribution is 6.02. The number of nitrogens with zero attached hydrogens (tertiary/aromatic N) is 3. The fourth-order valence-electron chi connectivity index (χ4n) is 2.37.